The van der Waals surface area contributed by atoms with Crippen molar-refractivity contribution in [3.05, 3.63) is 221 Å². The van der Waals surface area contributed by atoms with E-state index in [9.17, 15) is 0 Å². The first kappa shape index (κ1) is 34.1. The maximum absolute atomic E-state index is 3.80. The third kappa shape index (κ3) is 5.63. The highest BCUT2D eigenvalue weighted by atomic mass is 15.1. The van der Waals surface area contributed by atoms with Crippen molar-refractivity contribution >= 4 is 28.3 Å². The van der Waals surface area contributed by atoms with E-state index in [1.807, 2.05) is 0 Å². The maximum atomic E-state index is 3.80. The van der Waals surface area contributed by atoms with Gasteiger partial charge in [-0.05, 0) is 122 Å². The summed E-state index contributed by atoms with van der Waals surface area (Å²) in [4.78, 5) is 2.42. The molecular formula is C54H46N2. The average Bonchev–Trinajstić information content (AvgIpc) is 3.43. The number of nitrogens with zero attached hydrogens (tertiary/aromatic N) is 1. The van der Waals surface area contributed by atoms with Crippen molar-refractivity contribution in [2.24, 2.45) is 5.92 Å². The summed E-state index contributed by atoms with van der Waals surface area (Å²) in [6.45, 7) is 9.46. The molecule has 6 aromatic carbocycles. The summed E-state index contributed by atoms with van der Waals surface area (Å²) in [5, 5.41) is 3.80. The Balaban J connectivity index is 1.03. The van der Waals surface area contributed by atoms with Gasteiger partial charge >= 0.3 is 0 Å². The molecule has 2 atom stereocenters. The van der Waals surface area contributed by atoms with Crippen molar-refractivity contribution in [3.63, 3.8) is 0 Å². The van der Waals surface area contributed by atoms with E-state index in [1.165, 1.54) is 78.2 Å². The van der Waals surface area contributed by atoms with Gasteiger partial charge in [-0.2, -0.15) is 0 Å². The fourth-order valence-electron chi connectivity index (χ4n) is 9.56. The molecule has 1 N–H and O–H groups in total. The summed E-state index contributed by atoms with van der Waals surface area (Å²) < 4.78 is 0. The topological polar surface area (TPSA) is 15.3 Å². The van der Waals surface area contributed by atoms with Gasteiger partial charge < -0.3 is 10.2 Å². The highest BCUT2D eigenvalue weighted by molar-refractivity contribution is 5.87. The van der Waals surface area contributed by atoms with Gasteiger partial charge in [-0.25, -0.2) is 0 Å². The Morgan fingerprint density at radius 2 is 1.23 bits per heavy atom. The lowest BCUT2D eigenvalue weighted by Gasteiger charge is -2.29. The highest BCUT2D eigenvalue weighted by Gasteiger charge is 2.36. The lowest BCUT2D eigenvalue weighted by Crippen LogP contribution is -2.17. The van der Waals surface area contributed by atoms with E-state index in [0.717, 1.165) is 23.5 Å². The monoisotopic (exact) mass is 722 g/mol. The molecule has 2 heteroatoms. The first-order valence-electron chi connectivity index (χ1n) is 20.1. The largest absolute Gasteiger partial charge is 0.355 e. The molecule has 2 unspecified atom stereocenters. The van der Waals surface area contributed by atoms with Gasteiger partial charge in [0.25, 0.3) is 0 Å². The van der Waals surface area contributed by atoms with Gasteiger partial charge in [0.1, 0.15) is 0 Å². The van der Waals surface area contributed by atoms with Gasteiger partial charge in [0.2, 0.25) is 0 Å². The molecule has 0 spiro atoms. The quantitative estimate of drug-likeness (QED) is 0.184. The molecule has 2 nitrogen and oxygen atoms in total. The molecule has 6 aromatic rings. The molecule has 2 aliphatic heterocycles. The second-order valence-corrected chi connectivity index (χ2v) is 16.3. The number of anilines is 3. The van der Waals surface area contributed by atoms with E-state index in [0.29, 0.717) is 5.92 Å². The Morgan fingerprint density at radius 3 is 2.00 bits per heavy atom. The van der Waals surface area contributed by atoms with E-state index in [2.05, 4.69) is 214 Å². The predicted molar refractivity (Wildman–Crippen MR) is 236 cm³/mol. The van der Waals surface area contributed by atoms with Crippen LogP contribution < -0.4 is 10.2 Å². The van der Waals surface area contributed by atoms with E-state index >= 15 is 0 Å². The zero-order valence-electron chi connectivity index (χ0n) is 32.6. The van der Waals surface area contributed by atoms with Crippen LogP contribution >= 0.6 is 0 Å². The second kappa shape index (κ2) is 13.4. The van der Waals surface area contributed by atoms with Crippen molar-refractivity contribution in [1.29, 1.82) is 0 Å². The Bertz CT molecular complexity index is 2660. The van der Waals surface area contributed by atoms with Crippen LogP contribution in [0, 0.1) is 5.92 Å². The van der Waals surface area contributed by atoms with Crippen molar-refractivity contribution in [2.75, 3.05) is 4.90 Å². The van der Waals surface area contributed by atoms with Crippen LogP contribution in [0.2, 0.25) is 0 Å². The summed E-state index contributed by atoms with van der Waals surface area (Å²) in [7, 11) is 0. The lowest BCUT2D eigenvalue weighted by atomic mass is 9.77. The van der Waals surface area contributed by atoms with Gasteiger partial charge in [0.15, 0.2) is 0 Å². The number of hydrogen-bond acceptors (Lipinski definition) is 2. The second-order valence-electron chi connectivity index (χ2n) is 16.3. The Labute approximate surface area is 331 Å². The third-order valence-electron chi connectivity index (χ3n) is 12.6. The first-order valence-corrected chi connectivity index (χ1v) is 20.1. The molecule has 0 saturated heterocycles. The SMILES string of the molecule is CC1CC=C(c2ccc(N(c3ccc(-c4ccccc4)cc3)c3ccc4c(c3)C(C)(C)c3ccccc3-4)cc2)C=C1C1=C2C=CC=C(N2)c2ccccc2C1C. The van der Waals surface area contributed by atoms with Crippen LogP contribution in [0.3, 0.4) is 0 Å². The Morgan fingerprint density at radius 1 is 0.607 bits per heavy atom. The van der Waals surface area contributed by atoms with E-state index in [-0.39, 0.29) is 11.3 Å². The van der Waals surface area contributed by atoms with Crippen LogP contribution in [0.5, 0.6) is 0 Å². The van der Waals surface area contributed by atoms with E-state index in [4.69, 9.17) is 0 Å². The molecular weight excluding hydrogens is 677 g/mol. The fourth-order valence-corrected chi connectivity index (χ4v) is 9.56. The zero-order valence-corrected chi connectivity index (χ0v) is 32.6. The molecule has 10 rings (SSSR count). The number of fused-ring (bicyclic) bond motifs is 7. The molecule has 2 aliphatic carbocycles. The van der Waals surface area contributed by atoms with Crippen LogP contribution in [-0.2, 0) is 5.41 Å². The van der Waals surface area contributed by atoms with Crippen LogP contribution in [0.1, 0.15) is 67.9 Å². The summed E-state index contributed by atoms with van der Waals surface area (Å²) >= 11 is 0. The zero-order chi connectivity index (χ0) is 38.0. The Kier molecular flexibility index (Phi) is 8.18. The standard InChI is InChI=1S/C54H46N2/c1-35-21-22-40(33-48(35)53-36(2)44-15-8-9-17-47(44)51-19-12-20-52(53)55-51)39-25-29-42(30-26-39)56(41-27-23-38(24-28-41)37-13-6-5-7-14-37)43-31-32-46-45-16-10-11-18-49(45)54(3,4)50(46)34-43/h5-20,22-36,55H,21H2,1-4H3. The number of nitrogens with one attached hydrogen (secondary N) is 1. The molecule has 272 valence electrons. The summed E-state index contributed by atoms with van der Waals surface area (Å²) in [5.74, 6) is 0.687. The van der Waals surface area contributed by atoms with E-state index < -0.39 is 0 Å². The van der Waals surface area contributed by atoms with Crippen molar-refractivity contribution < 1.29 is 0 Å². The minimum atomic E-state index is -0.0860. The van der Waals surface area contributed by atoms with Crippen molar-refractivity contribution in [2.45, 2.75) is 45.4 Å². The average molecular weight is 723 g/mol. The molecule has 0 saturated carbocycles. The van der Waals surface area contributed by atoms with Crippen LogP contribution in [0.15, 0.2) is 193 Å². The molecule has 0 fully saturated rings. The molecule has 0 aromatic heterocycles. The van der Waals surface area contributed by atoms with Gasteiger partial charge in [-0.3, -0.25) is 0 Å². The van der Waals surface area contributed by atoms with Gasteiger partial charge in [0, 0.05) is 45.4 Å². The normalized spacial score (nSPS) is 18.8. The molecule has 56 heavy (non-hydrogen) atoms. The van der Waals surface area contributed by atoms with Crippen LogP contribution in [0.25, 0.3) is 33.5 Å². The minimum absolute atomic E-state index is 0.0860. The number of dihydropyridines is 1. The highest BCUT2D eigenvalue weighted by Crippen LogP contribution is 2.51. The van der Waals surface area contributed by atoms with Gasteiger partial charge in [-0.15, -0.1) is 0 Å². The lowest BCUT2D eigenvalue weighted by molar-refractivity contribution is 0.660. The first-order chi connectivity index (χ1) is 27.3. The molecule has 2 bridgehead atoms. The molecule has 0 amide bonds. The van der Waals surface area contributed by atoms with Gasteiger partial charge in [0.05, 0.1) is 0 Å². The summed E-state index contributed by atoms with van der Waals surface area (Å²) in [5.41, 5.74) is 21.6. The number of hydrogen-bond donors (Lipinski definition) is 1. The third-order valence-corrected chi connectivity index (χ3v) is 12.6. The van der Waals surface area contributed by atoms with E-state index in [1.54, 1.807) is 0 Å². The summed E-state index contributed by atoms with van der Waals surface area (Å²) in [6, 6.07) is 53.7. The summed E-state index contributed by atoms with van der Waals surface area (Å²) in [6.07, 6.45) is 12.5. The minimum Gasteiger partial charge on any atom is -0.355 e. The number of rotatable bonds is 6. The van der Waals surface area contributed by atoms with Crippen LogP contribution in [-0.4, -0.2) is 0 Å². The van der Waals surface area contributed by atoms with Crippen LogP contribution in [0.4, 0.5) is 17.1 Å². The molecule has 4 aliphatic rings. The molecule has 2 heterocycles. The number of benzene rings is 6. The predicted octanol–water partition coefficient (Wildman–Crippen LogP) is 14.1. The maximum Gasteiger partial charge on any atom is 0.0465 e. The van der Waals surface area contributed by atoms with Gasteiger partial charge in [-0.1, -0.05) is 155 Å². The smallest absolute Gasteiger partial charge is 0.0465 e. The number of allylic oxidation sites excluding steroid dienone is 8. The van der Waals surface area contributed by atoms with Crippen molar-refractivity contribution in [1.82, 2.24) is 5.32 Å². The Hall–Kier alpha value is -6.38. The molecule has 0 radical (unpaired) electrons. The fraction of sp³-hybridized carbons (Fsp3) is 0.148. The van der Waals surface area contributed by atoms with Crippen molar-refractivity contribution in [3.8, 4) is 22.3 Å².